The Kier molecular flexibility index (Phi) is 7.01. The number of halogens is 5. The lowest BCUT2D eigenvalue weighted by Gasteiger charge is -2.15. The van der Waals surface area contributed by atoms with Crippen molar-refractivity contribution in [2.45, 2.75) is 32.5 Å². The first-order valence-corrected chi connectivity index (χ1v) is 11.7. The van der Waals surface area contributed by atoms with Gasteiger partial charge in [-0.15, -0.1) is 5.10 Å². The minimum Gasteiger partial charge on any atom is -0.377 e. The molecule has 0 fully saturated rings. The van der Waals surface area contributed by atoms with Gasteiger partial charge in [0.05, 0.1) is 33.1 Å². The molecule has 3 heterocycles. The Morgan fingerprint density at radius 1 is 1.35 bits per heavy atom. The summed E-state index contributed by atoms with van der Waals surface area (Å²) in [5.74, 6) is 0.0234. The van der Waals surface area contributed by atoms with Crippen molar-refractivity contribution in [3.63, 3.8) is 0 Å². The topological polar surface area (TPSA) is 90.5 Å². The van der Waals surface area contributed by atoms with Crippen LogP contribution in [-0.2, 0) is 28.7 Å². The Bertz CT molecular complexity index is 1370. The van der Waals surface area contributed by atoms with E-state index in [-0.39, 0.29) is 28.6 Å². The average Bonchev–Trinajstić information content (AvgIpc) is 3.24. The van der Waals surface area contributed by atoms with E-state index in [0.717, 1.165) is 28.3 Å². The smallest absolute Gasteiger partial charge is 0.377 e. The highest BCUT2D eigenvalue weighted by molar-refractivity contribution is 14.1. The first kappa shape index (κ1) is 24.7. The van der Waals surface area contributed by atoms with Crippen molar-refractivity contribution in [1.82, 2.24) is 19.2 Å². The zero-order valence-electron chi connectivity index (χ0n) is 17.7. The zero-order valence-corrected chi connectivity index (χ0v) is 20.7. The number of fused-ring (bicyclic) bond motifs is 1. The molecule has 2 aromatic heterocycles. The van der Waals surface area contributed by atoms with Crippen LogP contribution >= 0.6 is 34.2 Å². The summed E-state index contributed by atoms with van der Waals surface area (Å²) in [6, 6.07) is 2.69. The second-order valence-corrected chi connectivity index (χ2v) is 8.93. The Balaban J connectivity index is 1.70. The van der Waals surface area contributed by atoms with Crippen LogP contribution in [0.2, 0.25) is 5.02 Å². The predicted octanol–water partition coefficient (Wildman–Crippen LogP) is 4.17. The minimum atomic E-state index is -4.55. The number of benzene rings is 1. The third-order valence-corrected chi connectivity index (χ3v) is 6.65. The summed E-state index contributed by atoms with van der Waals surface area (Å²) in [4.78, 5) is 30.2. The monoisotopic (exact) mass is 607 g/mol. The molecule has 1 aliphatic rings. The molecule has 180 valence electrons. The van der Waals surface area contributed by atoms with Gasteiger partial charge in [0.1, 0.15) is 6.54 Å². The standard InChI is InChI=1S/C21H18ClF3IN5O3/c1-2-15-17(26)19(33)31-20(28-18(29-31)11-5-7-34-8-6-11)30(15)10-16(32)27-14-4-3-12(9-13(14)22)21(23,24)25/h3-5,9H,2,6-8,10H2,1H3,(H,27,32). The summed E-state index contributed by atoms with van der Waals surface area (Å²) >= 11 is 7.88. The molecule has 0 spiro atoms. The van der Waals surface area contributed by atoms with Gasteiger partial charge in [-0.1, -0.05) is 24.6 Å². The fourth-order valence-corrected chi connectivity index (χ4v) is 4.70. The molecular formula is C21H18ClF3IN5O3. The highest BCUT2D eigenvalue weighted by Gasteiger charge is 2.31. The first-order chi connectivity index (χ1) is 16.1. The van der Waals surface area contributed by atoms with E-state index in [1.165, 1.54) is 0 Å². The number of carbonyl (C=O) groups is 1. The van der Waals surface area contributed by atoms with Gasteiger partial charge in [-0.2, -0.15) is 22.7 Å². The number of carbonyl (C=O) groups excluding carboxylic acids is 1. The van der Waals surface area contributed by atoms with E-state index in [1.54, 1.807) is 4.57 Å². The van der Waals surface area contributed by atoms with Crippen LogP contribution < -0.4 is 10.9 Å². The van der Waals surface area contributed by atoms with Gasteiger partial charge in [-0.05, 0) is 59.2 Å². The molecule has 0 unspecified atom stereocenters. The zero-order chi connectivity index (χ0) is 24.6. The number of anilines is 1. The Morgan fingerprint density at radius 2 is 2.12 bits per heavy atom. The van der Waals surface area contributed by atoms with Crippen molar-refractivity contribution in [1.29, 1.82) is 0 Å². The van der Waals surface area contributed by atoms with E-state index in [4.69, 9.17) is 16.3 Å². The number of hydrogen-bond acceptors (Lipinski definition) is 5. The first-order valence-electron chi connectivity index (χ1n) is 10.2. The number of ether oxygens (including phenoxy) is 1. The average molecular weight is 608 g/mol. The van der Waals surface area contributed by atoms with Crippen LogP contribution in [0, 0.1) is 3.57 Å². The number of nitrogens with one attached hydrogen (secondary N) is 1. The number of hydrogen-bond donors (Lipinski definition) is 1. The van der Waals surface area contributed by atoms with Crippen molar-refractivity contribution >= 4 is 57.1 Å². The molecule has 3 aromatic rings. The van der Waals surface area contributed by atoms with Crippen LogP contribution in [-0.4, -0.2) is 38.3 Å². The van der Waals surface area contributed by atoms with E-state index in [1.807, 2.05) is 35.6 Å². The summed E-state index contributed by atoms with van der Waals surface area (Å²) in [6.45, 7) is 2.52. The Hall–Kier alpha value is -2.45. The number of alkyl halides is 3. The van der Waals surface area contributed by atoms with Crippen molar-refractivity contribution in [3.8, 4) is 0 Å². The summed E-state index contributed by atoms with van der Waals surface area (Å²) in [5, 5.41) is 6.65. The third kappa shape index (κ3) is 4.84. The molecular weight excluding hydrogens is 590 g/mol. The predicted molar refractivity (Wildman–Crippen MR) is 128 cm³/mol. The highest BCUT2D eigenvalue weighted by Crippen LogP contribution is 2.33. The van der Waals surface area contributed by atoms with Crippen LogP contribution in [0.3, 0.4) is 0 Å². The van der Waals surface area contributed by atoms with Gasteiger partial charge >= 0.3 is 6.18 Å². The SMILES string of the molecule is CCc1c(I)c(=O)n2nc(C3=CCOCC3)nc2n1CC(=O)Nc1ccc(C(F)(F)F)cc1Cl. The Labute approximate surface area is 209 Å². The molecule has 8 nitrogen and oxygen atoms in total. The van der Waals surface area contributed by atoms with Crippen LogP contribution in [0.15, 0.2) is 29.1 Å². The van der Waals surface area contributed by atoms with Crippen LogP contribution in [0.1, 0.15) is 30.4 Å². The molecule has 0 saturated heterocycles. The fourth-order valence-electron chi connectivity index (χ4n) is 3.57. The molecule has 1 N–H and O–H groups in total. The highest BCUT2D eigenvalue weighted by atomic mass is 127. The number of aromatic nitrogens is 4. The van der Waals surface area contributed by atoms with Crippen LogP contribution in [0.25, 0.3) is 11.4 Å². The van der Waals surface area contributed by atoms with E-state index < -0.39 is 17.6 Å². The number of rotatable bonds is 5. The van der Waals surface area contributed by atoms with Crippen molar-refractivity contribution in [3.05, 3.63) is 60.3 Å². The lowest BCUT2D eigenvalue weighted by Crippen LogP contribution is -2.29. The van der Waals surface area contributed by atoms with Crippen molar-refractivity contribution in [2.75, 3.05) is 18.5 Å². The van der Waals surface area contributed by atoms with Gasteiger partial charge in [0.15, 0.2) is 5.82 Å². The second kappa shape index (κ2) is 9.66. The molecule has 1 aliphatic heterocycles. The van der Waals surface area contributed by atoms with Crippen LogP contribution in [0.5, 0.6) is 0 Å². The molecule has 4 rings (SSSR count). The van der Waals surface area contributed by atoms with Gasteiger partial charge in [0.2, 0.25) is 11.7 Å². The third-order valence-electron chi connectivity index (χ3n) is 5.25. The van der Waals surface area contributed by atoms with E-state index >= 15 is 0 Å². The maximum Gasteiger partial charge on any atom is 0.416 e. The maximum atomic E-state index is 12.9. The summed E-state index contributed by atoms with van der Waals surface area (Å²) in [7, 11) is 0. The Morgan fingerprint density at radius 3 is 2.74 bits per heavy atom. The second-order valence-electron chi connectivity index (χ2n) is 7.45. The molecule has 0 atom stereocenters. The van der Waals surface area contributed by atoms with E-state index in [0.29, 0.717) is 41.1 Å². The molecule has 1 aromatic carbocycles. The van der Waals surface area contributed by atoms with Gasteiger partial charge in [0.25, 0.3) is 5.56 Å². The van der Waals surface area contributed by atoms with Gasteiger partial charge in [-0.25, -0.2) is 0 Å². The minimum absolute atomic E-state index is 0.0407. The normalized spacial score (nSPS) is 14.4. The van der Waals surface area contributed by atoms with E-state index in [9.17, 15) is 22.8 Å². The quantitative estimate of drug-likeness (QED) is 0.440. The van der Waals surface area contributed by atoms with Crippen LogP contribution in [0.4, 0.5) is 18.9 Å². The molecule has 0 bridgehead atoms. The maximum absolute atomic E-state index is 12.9. The van der Waals surface area contributed by atoms with Crippen molar-refractivity contribution in [2.24, 2.45) is 0 Å². The summed E-state index contributed by atoms with van der Waals surface area (Å²) < 4.78 is 47.1. The van der Waals surface area contributed by atoms with Gasteiger partial charge in [-0.3, -0.25) is 9.59 Å². The largest absolute Gasteiger partial charge is 0.416 e. The summed E-state index contributed by atoms with van der Waals surface area (Å²) in [5.41, 5.74) is 0.209. The number of nitrogens with zero attached hydrogens (tertiary/aromatic N) is 4. The summed E-state index contributed by atoms with van der Waals surface area (Å²) in [6.07, 6.45) is -1.67. The number of amides is 1. The molecule has 34 heavy (non-hydrogen) atoms. The molecule has 1 amide bonds. The lowest BCUT2D eigenvalue weighted by atomic mass is 10.1. The molecule has 0 radical (unpaired) electrons. The van der Waals surface area contributed by atoms with E-state index in [2.05, 4.69) is 15.4 Å². The molecule has 0 aliphatic carbocycles. The fraction of sp³-hybridized carbons (Fsp3) is 0.333. The molecule has 0 saturated carbocycles. The van der Waals surface area contributed by atoms with Crippen molar-refractivity contribution < 1.29 is 22.7 Å². The lowest BCUT2D eigenvalue weighted by molar-refractivity contribution is -0.137. The van der Waals surface area contributed by atoms with Gasteiger partial charge < -0.3 is 14.6 Å². The van der Waals surface area contributed by atoms with Gasteiger partial charge in [0, 0.05) is 5.69 Å². The molecule has 13 heteroatoms.